The number of carbonyl (C=O) groups excluding carboxylic acids is 2. The monoisotopic (exact) mass is 290 g/mol. The van der Waals surface area contributed by atoms with Crippen molar-refractivity contribution < 1.29 is 24.2 Å². The second-order valence-electron chi connectivity index (χ2n) is 5.07. The predicted octanol–water partition coefficient (Wildman–Crippen LogP) is -0.258. The molecule has 2 amide bonds. The Balaban J connectivity index is 1.88. The van der Waals surface area contributed by atoms with Crippen LogP contribution in [0.5, 0.6) is 0 Å². The molecule has 2 N–H and O–H groups in total. The number of piperazine rings is 1. The molecule has 3 rings (SSSR count). The SMILES string of the molecule is O=C1CN(C(=O)c2ccc3c(c2)COC3)C(C(=O)O)CN1. The summed E-state index contributed by atoms with van der Waals surface area (Å²) in [5.74, 6) is -1.94. The average molecular weight is 290 g/mol. The molecule has 2 aliphatic heterocycles. The van der Waals surface area contributed by atoms with Crippen LogP contribution in [0.3, 0.4) is 0 Å². The third-order valence-electron chi connectivity index (χ3n) is 3.70. The van der Waals surface area contributed by atoms with Gasteiger partial charge in [0.2, 0.25) is 5.91 Å². The number of carboxylic acid groups (broad SMARTS) is 1. The second kappa shape index (κ2) is 5.17. The van der Waals surface area contributed by atoms with Crippen LogP contribution in [-0.2, 0) is 27.5 Å². The minimum Gasteiger partial charge on any atom is -0.480 e. The minimum absolute atomic E-state index is 0.0754. The zero-order valence-corrected chi connectivity index (χ0v) is 11.2. The maximum atomic E-state index is 12.5. The van der Waals surface area contributed by atoms with Crippen LogP contribution in [0, 0.1) is 0 Å². The molecule has 21 heavy (non-hydrogen) atoms. The van der Waals surface area contributed by atoms with Crippen molar-refractivity contribution in [1.82, 2.24) is 10.2 Å². The molecule has 1 saturated heterocycles. The van der Waals surface area contributed by atoms with Crippen molar-refractivity contribution in [3.63, 3.8) is 0 Å². The fourth-order valence-corrected chi connectivity index (χ4v) is 2.55. The minimum atomic E-state index is -1.13. The Morgan fingerprint density at radius 3 is 2.81 bits per heavy atom. The lowest BCUT2D eigenvalue weighted by molar-refractivity contribution is -0.144. The summed E-state index contributed by atoms with van der Waals surface area (Å²) in [4.78, 5) is 36.3. The van der Waals surface area contributed by atoms with Gasteiger partial charge in [0, 0.05) is 12.1 Å². The Morgan fingerprint density at radius 1 is 1.29 bits per heavy atom. The zero-order valence-electron chi connectivity index (χ0n) is 11.2. The molecule has 1 unspecified atom stereocenters. The van der Waals surface area contributed by atoms with Crippen LogP contribution in [0.25, 0.3) is 0 Å². The van der Waals surface area contributed by atoms with Gasteiger partial charge in [0.05, 0.1) is 13.2 Å². The van der Waals surface area contributed by atoms with Crippen molar-refractivity contribution in [3.05, 3.63) is 34.9 Å². The highest BCUT2D eigenvalue weighted by Crippen LogP contribution is 2.22. The molecule has 2 heterocycles. The number of benzene rings is 1. The van der Waals surface area contributed by atoms with Crippen molar-refractivity contribution >= 4 is 17.8 Å². The summed E-state index contributed by atoms with van der Waals surface area (Å²) in [5.41, 5.74) is 2.33. The summed E-state index contributed by atoms with van der Waals surface area (Å²) in [7, 11) is 0. The van der Waals surface area contributed by atoms with Crippen LogP contribution < -0.4 is 5.32 Å². The van der Waals surface area contributed by atoms with E-state index < -0.39 is 17.9 Å². The number of carbonyl (C=O) groups is 3. The van der Waals surface area contributed by atoms with E-state index in [1.165, 1.54) is 0 Å². The Bertz CT molecular complexity index is 628. The van der Waals surface area contributed by atoms with E-state index in [9.17, 15) is 19.5 Å². The Morgan fingerprint density at radius 2 is 2.05 bits per heavy atom. The molecule has 0 aliphatic carbocycles. The van der Waals surface area contributed by atoms with Gasteiger partial charge in [-0.2, -0.15) is 0 Å². The van der Waals surface area contributed by atoms with Gasteiger partial charge >= 0.3 is 5.97 Å². The lowest BCUT2D eigenvalue weighted by Crippen LogP contribution is -2.59. The first kappa shape index (κ1) is 13.6. The molecule has 110 valence electrons. The number of rotatable bonds is 2. The molecule has 7 heteroatoms. The first-order chi connectivity index (χ1) is 10.1. The highest BCUT2D eigenvalue weighted by Gasteiger charge is 2.35. The molecule has 1 fully saturated rings. The molecule has 0 radical (unpaired) electrons. The van der Waals surface area contributed by atoms with Crippen molar-refractivity contribution in [2.45, 2.75) is 19.3 Å². The van der Waals surface area contributed by atoms with E-state index in [0.717, 1.165) is 16.0 Å². The summed E-state index contributed by atoms with van der Waals surface area (Å²) >= 11 is 0. The highest BCUT2D eigenvalue weighted by molar-refractivity contribution is 6.00. The van der Waals surface area contributed by atoms with E-state index >= 15 is 0 Å². The van der Waals surface area contributed by atoms with E-state index in [-0.39, 0.29) is 19.0 Å². The summed E-state index contributed by atoms with van der Waals surface area (Å²) in [6.07, 6.45) is 0. The van der Waals surface area contributed by atoms with E-state index in [2.05, 4.69) is 5.32 Å². The Labute approximate surface area is 120 Å². The molecule has 1 aromatic carbocycles. The number of fused-ring (bicyclic) bond motifs is 1. The van der Waals surface area contributed by atoms with Crippen LogP contribution in [0.15, 0.2) is 18.2 Å². The average Bonchev–Trinajstić information content (AvgIpc) is 2.93. The molecule has 0 bridgehead atoms. The van der Waals surface area contributed by atoms with Gasteiger partial charge in [-0.1, -0.05) is 6.07 Å². The number of ether oxygens (including phenoxy) is 1. The summed E-state index contributed by atoms with van der Waals surface area (Å²) in [6, 6.07) is 4.10. The van der Waals surface area contributed by atoms with E-state index in [4.69, 9.17) is 4.74 Å². The molecular weight excluding hydrogens is 276 g/mol. The molecule has 0 saturated carbocycles. The third-order valence-corrected chi connectivity index (χ3v) is 3.70. The van der Waals surface area contributed by atoms with Gasteiger partial charge in [-0.25, -0.2) is 4.79 Å². The van der Waals surface area contributed by atoms with Crippen LogP contribution in [0.4, 0.5) is 0 Å². The predicted molar refractivity (Wildman–Crippen MR) is 70.4 cm³/mol. The Hall–Kier alpha value is -2.41. The lowest BCUT2D eigenvalue weighted by atomic mass is 10.0. The number of carboxylic acids is 1. The maximum Gasteiger partial charge on any atom is 0.328 e. The van der Waals surface area contributed by atoms with Crippen LogP contribution in [0.1, 0.15) is 21.5 Å². The normalized spacial score (nSPS) is 20.9. The van der Waals surface area contributed by atoms with Gasteiger partial charge in [0.1, 0.15) is 12.6 Å². The van der Waals surface area contributed by atoms with Gasteiger partial charge < -0.3 is 20.1 Å². The van der Waals surface area contributed by atoms with E-state index in [1.807, 2.05) is 0 Å². The van der Waals surface area contributed by atoms with Crippen molar-refractivity contribution in [2.75, 3.05) is 13.1 Å². The number of hydrogen-bond acceptors (Lipinski definition) is 4. The number of hydrogen-bond donors (Lipinski definition) is 2. The topological polar surface area (TPSA) is 95.9 Å². The van der Waals surface area contributed by atoms with E-state index in [0.29, 0.717) is 18.8 Å². The third kappa shape index (κ3) is 2.47. The molecule has 1 aromatic rings. The highest BCUT2D eigenvalue weighted by atomic mass is 16.5. The van der Waals surface area contributed by atoms with Gasteiger partial charge in [-0.15, -0.1) is 0 Å². The molecule has 1 atom stereocenters. The molecule has 0 aromatic heterocycles. The maximum absolute atomic E-state index is 12.5. The summed E-state index contributed by atoms with van der Waals surface area (Å²) < 4.78 is 5.29. The van der Waals surface area contributed by atoms with Crippen LogP contribution in [-0.4, -0.2) is 46.9 Å². The quantitative estimate of drug-likeness (QED) is 0.782. The van der Waals surface area contributed by atoms with Crippen molar-refractivity contribution in [2.24, 2.45) is 0 Å². The first-order valence-electron chi connectivity index (χ1n) is 6.56. The number of nitrogens with zero attached hydrogens (tertiary/aromatic N) is 1. The Kier molecular flexibility index (Phi) is 3.34. The van der Waals surface area contributed by atoms with Crippen molar-refractivity contribution in [3.8, 4) is 0 Å². The largest absolute Gasteiger partial charge is 0.480 e. The lowest BCUT2D eigenvalue weighted by Gasteiger charge is -2.32. The second-order valence-corrected chi connectivity index (χ2v) is 5.07. The molecule has 7 nitrogen and oxygen atoms in total. The summed E-state index contributed by atoms with van der Waals surface area (Å²) in [6.45, 7) is 0.643. The van der Waals surface area contributed by atoms with Gasteiger partial charge in [-0.3, -0.25) is 9.59 Å². The first-order valence-corrected chi connectivity index (χ1v) is 6.56. The fraction of sp³-hybridized carbons (Fsp3) is 0.357. The fourth-order valence-electron chi connectivity index (χ4n) is 2.55. The molecule has 2 aliphatic rings. The van der Waals surface area contributed by atoms with Crippen LogP contribution in [0.2, 0.25) is 0 Å². The number of amides is 2. The van der Waals surface area contributed by atoms with Gasteiger partial charge in [0.25, 0.3) is 5.91 Å². The van der Waals surface area contributed by atoms with Gasteiger partial charge in [0.15, 0.2) is 0 Å². The zero-order chi connectivity index (χ0) is 15.0. The number of nitrogens with one attached hydrogen (secondary N) is 1. The molecule has 0 spiro atoms. The smallest absolute Gasteiger partial charge is 0.328 e. The number of aliphatic carboxylic acids is 1. The van der Waals surface area contributed by atoms with Gasteiger partial charge in [-0.05, 0) is 23.3 Å². The van der Waals surface area contributed by atoms with E-state index in [1.54, 1.807) is 18.2 Å². The molecular formula is C14H14N2O5. The summed E-state index contributed by atoms with van der Waals surface area (Å²) in [5, 5.41) is 11.6. The van der Waals surface area contributed by atoms with Crippen LogP contribution >= 0.6 is 0 Å². The standard InChI is InChI=1S/C14H14N2O5/c17-12-5-16(11(4-15-12)14(19)20)13(18)8-1-2-9-6-21-7-10(9)3-8/h1-3,11H,4-7H2,(H,15,17)(H,19,20). The van der Waals surface area contributed by atoms with Crippen molar-refractivity contribution in [1.29, 1.82) is 0 Å².